The van der Waals surface area contributed by atoms with Gasteiger partial charge in [0.15, 0.2) is 0 Å². The van der Waals surface area contributed by atoms with Crippen molar-refractivity contribution in [3.8, 4) is 0 Å². The number of rotatable bonds is 0. The number of hydrogen-bond donors (Lipinski definition) is 2. The minimum absolute atomic E-state index is 0.396. The zero-order valence-corrected chi connectivity index (χ0v) is 6.51. The van der Waals surface area contributed by atoms with Crippen LogP contribution in [-0.4, -0.2) is 26.2 Å². The summed E-state index contributed by atoms with van der Waals surface area (Å²) in [5.41, 5.74) is 6.79. The van der Waals surface area contributed by atoms with Crippen molar-refractivity contribution in [2.24, 2.45) is 0 Å². The van der Waals surface area contributed by atoms with Gasteiger partial charge in [0.1, 0.15) is 11.0 Å². The van der Waals surface area contributed by atoms with Crippen molar-refractivity contribution in [3.63, 3.8) is 0 Å². The Hall–Kier alpha value is -2.11. The average Bonchev–Trinajstić information content (AvgIpc) is 2.48. The van der Waals surface area contributed by atoms with Gasteiger partial charge in [0.2, 0.25) is 0 Å². The van der Waals surface area contributed by atoms with Gasteiger partial charge < -0.3 is 10.8 Å². The quantitative estimate of drug-likeness (QED) is 0.574. The molecule has 0 bridgehead atoms. The van der Waals surface area contributed by atoms with E-state index in [1.54, 1.807) is 18.2 Å². The van der Waals surface area contributed by atoms with Gasteiger partial charge in [-0.2, -0.15) is 0 Å². The van der Waals surface area contributed by atoms with Gasteiger partial charge in [0.25, 0.3) is 0 Å². The fourth-order valence-corrected chi connectivity index (χ4v) is 1.11. The lowest BCUT2D eigenvalue weighted by atomic mass is 10.3. The fraction of sp³-hybridized carbons (Fsp3) is 0. The molecule has 0 atom stereocenters. The Morgan fingerprint density at radius 3 is 3.00 bits per heavy atom. The van der Waals surface area contributed by atoms with Crippen molar-refractivity contribution in [1.82, 2.24) is 15.0 Å². The second-order valence-corrected chi connectivity index (χ2v) is 2.50. The van der Waals surface area contributed by atoms with E-state index in [0.29, 0.717) is 16.7 Å². The first-order valence-electron chi connectivity index (χ1n) is 3.53. The molecule has 2 rings (SSSR count). The van der Waals surface area contributed by atoms with Crippen molar-refractivity contribution in [3.05, 3.63) is 18.2 Å². The van der Waals surface area contributed by atoms with Crippen LogP contribution in [0.4, 0.5) is 10.5 Å². The minimum Gasteiger partial charge on any atom is -0.463 e. The predicted molar refractivity (Wildman–Crippen MR) is 45.4 cm³/mol. The van der Waals surface area contributed by atoms with Crippen LogP contribution in [0.2, 0.25) is 0 Å². The number of benzene rings is 1. The Morgan fingerprint density at radius 1 is 1.54 bits per heavy atom. The first-order chi connectivity index (χ1) is 6.20. The topological polar surface area (TPSA) is 94.0 Å². The van der Waals surface area contributed by atoms with Crippen LogP contribution in [0, 0.1) is 0 Å². The van der Waals surface area contributed by atoms with Crippen molar-refractivity contribution in [1.29, 1.82) is 0 Å². The van der Waals surface area contributed by atoms with Crippen molar-refractivity contribution < 1.29 is 9.90 Å². The predicted octanol–water partition coefficient (Wildman–Crippen LogP) is 0.540. The molecule has 1 heterocycles. The number of nitrogens with zero attached hydrogens (tertiary/aromatic N) is 3. The summed E-state index contributed by atoms with van der Waals surface area (Å²) in [6.07, 6.45) is -1.17. The molecular formula is C7H6N4O2. The average molecular weight is 178 g/mol. The van der Waals surface area contributed by atoms with E-state index in [2.05, 4.69) is 10.3 Å². The number of fused-ring (bicyclic) bond motifs is 1. The summed E-state index contributed by atoms with van der Waals surface area (Å²) >= 11 is 0. The second-order valence-electron chi connectivity index (χ2n) is 2.50. The largest absolute Gasteiger partial charge is 0.463 e. The standard InChI is InChI=1S/C7H6N4O2/c8-4-2-1-3-5-6(4)9-10-11(5)7(12)13/h1-3H,8H2,(H,12,13). The number of nitrogens with two attached hydrogens (primary N) is 1. The van der Waals surface area contributed by atoms with Gasteiger partial charge in [-0.3, -0.25) is 0 Å². The molecule has 13 heavy (non-hydrogen) atoms. The molecule has 0 saturated heterocycles. The maximum atomic E-state index is 10.6. The molecule has 0 fully saturated rings. The number of carbonyl (C=O) groups is 1. The number of aromatic nitrogens is 3. The van der Waals surface area contributed by atoms with E-state index in [9.17, 15) is 4.79 Å². The molecule has 0 unspecified atom stereocenters. The third-order valence-corrected chi connectivity index (χ3v) is 1.69. The van der Waals surface area contributed by atoms with Gasteiger partial charge in [0.05, 0.1) is 5.69 Å². The molecule has 3 N–H and O–H groups in total. The van der Waals surface area contributed by atoms with Crippen LogP contribution in [0.15, 0.2) is 18.2 Å². The molecule has 0 saturated carbocycles. The molecule has 0 radical (unpaired) electrons. The highest BCUT2D eigenvalue weighted by Gasteiger charge is 2.10. The number of hydrogen-bond acceptors (Lipinski definition) is 4. The van der Waals surface area contributed by atoms with Crippen LogP contribution >= 0.6 is 0 Å². The normalized spacial score (nSPS) is 10.5. The van der Waals surface area contributed by atoms with Crippen LogP contribution in [-0.2, 0) is 0 Å². The Bertz CT molecular complexity index is 476. The molecule has 0 aliphatic carbocycles. The summed E-state index contributed by atoms with van der Waals surface area (Å²) in [7, 11) is 0. The molecule has 0 aliphatic heterocycles. The van der Waals surface area contributed by atoms with Gasteiger partial charge >= 0.3 is 6.09 Å². The minimum atomic E-state index is -1.17. The SMILES string of the molecule is Nc1cccc2c1nnn2C(=O)O. The lowest BCUT2D eigenvalue weighted by Crippen LogP contribution is -2.09. The smallest absolute Gasteiger partial charge is 0.434 e. The fourth-order valence-electron chi connectivity index (χ4n) is 1.11. The van der Waals surface area contributed by atoms with Crippen molar-refractivity contribution >= 4 is 22.8 Å². The summed E-state index contributed by atoms with van der Waals surface area (Å²) in [5.74, 6) is 0. The monoisotopic (exact) mass is 178 g/mol. The Kier molecular flexibility index (Phi) is 1.42. The Morgan fingerprint density at radius 2 is 2.31 bits per heavy atom. The highest BCUT2D eigenvalue weighted by Crippen LogP contribution is 2.16. The summed E-state index contributed by atoms with van der Waals surface area (Å²) < 4.78 is 0.783. The van der Waals surface area contributed by atoms with Gasteiger partial charge in [-0.05, 0) is 12.1 Å². The molecule has 0 spiro atoms. The third-order valence-electron chi connectivity index (χ3n) is 1.69. The van der Waals surface area contributed by atoms with Crippen LogP contribution in [0.1, 0.15) is 0 Å². The molecule has 0 amide bonds. The molecule has 1 aromatic heterocycles. The number of anilines is 1. The second kappa shape index (κ2) is 2.44. The summed E-state index contributed by atoms with van der Waals surface area (Å²) in [6.45, 7) is 0. The molecular weight excluding hydrogens is 172 g/mol. The van der Waals surface area contributed by atoms with Crippen LogP contribution in [0.3, 0.4) is 0 Å². The lowest BCUT2D eigenvalue weighted by Gasteiger charge is -1.94. The van der Waals surface area contributed by atoms with E-state index < -0.39 is 6.09 Å². The van der Waals surface area contributed by atoms with Crippen LogP contribution in [0.25, 0.3) is 11.0 Å². The lowest BCUT2D eigenvalue weighted by molar-refractivity contribution is 0.193. The summed E-state index contributed by atoms with van der Waals surface area (Å²) in [4.78, 5) is 10.6. The van der Waals surface area contributed by atoms with E-state index in [-0.39, 0.29) is 0 Å². The molecule has 1 aromatic carbocycles. The van der Waals surface area contributed by atoms with E-state index in [0.717, 1.165) is 4.68 Å². The zero-order valence-electron chi connectivity index (χ0n) is 6.51. The number of nitrogen functional groups attached to an aromatic ring is 1. The first-order valence-corrected chi connectivity index (χ1v) is 3.53. The van der Waals surface area contributed by atoms with Gasteiger partial charge in [-0.1, -0.05) is 11.3 Å². The maximum absolute atomic E-state index is 10.6. The van der Waals surface area contributed by atoms with E-state index >= 15 is 0 Å². The Balaban J connectivity index is 2.83. The molecule has 66 valence electrons. The van der Waals surface area contributed by atoms with E-state index in [1.165, 1.54) is 0 Å². The van der Waals surface area contributed by atoms with Crippen molar-refractivity contribution in [2.45, 2.75) is 0 Å². The third kappa shape index (κ3) is 0.994. The van der Waals surface area contributed by atoms with E-state index in [4.69, 9.17) is 10.8 Å². The molecule has 6 heteroatoms. The van der Waals surface area contributed by atoms with Crippen LogP contribution in [0.5, 0.6) is 0 Å². The summed E-state index contributed by atoms with van der Waals surface area (Å²) in [6, 6.07) is 4.89. The maximum Gasteiger partial charge on any atom is 0.434 e. The van der Waals surface area contributed by atoms with Crippen LogP contribution < -0.4 is 5.73 Å². The number of carboxylic acid groups (broad SMARTS) is 1. The van der Waals surface area contributed by atoms with Gasteiger partial charge in [-0.25, -0.2) is 4.79 Å². The zero-order chi connectivity index (χ0) is 9.42. The summed E-state index contributed by atoms with van der Waals surface area (Å²) in [5, 5.41) is 15.8. The van der Waals surface area contributed by atoms with Crippen molar-refractivity contribution in [2.75, 3.05) is 5.73 Å². The molecule has 6 nitrogen and oxygen atoms in total. The van der Waals surface area contributed by atoms with Gasteiger partial charge in [-0.15, -0.1) is 9.78 Å². The van der Waals surface area contributed by atoms with Gasteiger partial charge in [0, 0.05) is 0 Å². The highest BCUT2D eigenvalue weighted by molar-refractivity contribution is 5.91. The Labute approximate surface area is 72.6 Å². The van der Waals surface area contributed by atoms with E-state index in [1.807, 2.05) is 0 Å². The molecule has 2 aromatic rings. The first kappa shape index (κ1) is 7.53. The molecule has 0 aliphatic rings. The highest BCUT2D eigenvalue weighted by atomic mass is 16.4.